The van der Waals surface area contributed by atoms with Gasteiger partial charge in [-0.05, 0) is 33.4 Å². The van der Waals surface area contributed by atoms with Crippen LogP contribution >= 0.6 is 7.82 Å². The average molecular weight is 801 g/mol. The Balaban J connectivity index is 1.23. The quantitative estimate of drug-likeness (QED) is 0.0660. The Morgan fingerprint density at radius 1 is 0.397 bits per heavy atom. The van der Waals surface area contributed by atoms with Crippen molar-refractivity contribution in [3.8, 4) is 0 Å². The van der Waals surface area contributed by atoms with Crippen LogP contribution in [-0.2, 0) is 81.5 Å². The molecule has 0 bridgehead atoms. The Hall–Kier alpha value is -4.77. The van der Waals surface area contributed by atoms with E-state index in [9.17, 15) is 4.57 Å². The summed E-state index contributed by atoms with van der Waals surface area (Å²) in [6.07, 6.45) is -4.54. The predicted molar refractivity (Wildman–Crippen MR) is 221 cm³/mol. The van der Waals surface area contributed by atoms with E-state index in [2.05, 4.69) is 0 Å². The maximum Gasteiger partial charge on any atom is 0.477 e. The van der Waals surface area contributed by atoms with Crippen molar-refractivity contribution in [3.05, 3.63) is 215 Å². The molecule has 7 rings (SSSR count). The molecule has 6 aromatic rings. The van der Waals surface area contributed by atoms with Crippen molar-refractivity contribution in [2.75, 3.05) is 6.61 Å². The highest BCUT2D eigenvalue weighted by molar-refractivity contribution is 7.48. The zero-order chi connectivity index (χ0) is 39.7. The summed E-state index contributed by atoms with van der Waals surface area (Å²) in [5.74, 6) is 0. The highest BCUT2D eigenvalue weighted by Crippen LogP contribution is 2.54. The Kier molecular flexibility index (Phi) is 15.6. The summed E-state index contributed by atoms with van der Waals surface area (Å²) < 4.78 is 67.0. The van der Waals surface area contributed by atoms with Gasteiger partial charge in [0.1, 0.15) is 24.4 Å². The zero-order valence-corrected chi connectivity index (χ0v) is 33.2. The first kappa shape index (κ1) is 41.4. The van der Waals surface area contributed by atoms with Crippen molar-refractivity contribution in [2.45, 2.75) is 70.3 Å². The van der Waals surface area contributed by atoms with Crippen molar-refractivity contribution >= 4 is 7.82 Å². The lowest BCUT2D eigenvalue weighted by Crippen LogP contribution is -2.61. The van der Waals surface area contributed by atoms with Crippen LogP contribution in [-0.4, -0.2) is 37.3 Å². The van der Waals surface area contributed by atoms with Crippen molar-refractivity contribution in [2.24, 2.45) is 0 Å². The third kappa shape index (κ3) is 12.6. The SMILES string of the molecule is O=P(OCc1ccccc1)(OCc1ccccc1)OC1O[C@H](COCc2ccccc2)[C@H](OCc2ccccc2)[C@H](OCc2ccccc2)[C@H]1OCc1ccccc1. The van der Waals surface area contributed by atoms with E-state index in [0.29, 0.717) is 6.61 Å². The van der Waals surface area contributed by atoms with Crippen LogP contribution < -0.4 is 0 Å². The average Bonchev–Trinajstić information content (AvgIpc) is 3.28. The zero-order valence-electron chi connectivity index (χ0n) is 32.3. The first-order valence-electron chi connectivity index (χ1n) is 19.5. The predicted octanol–water partition coefficient (Wildman–Crippen LogP) is 10.2. The number of hydrogen-bond donors (Lipinski definition) is 0. The van der Waals surface area contributed by atoms with Gasteiger partial charge >= 0.3 is 7.82 Å². The van der Waals surface area contributed by atoms with Crippen molar-refractivity contribution < 1.29 is 41.8 Å². The highest BCUT2D eigenvalue weighted by Gasteiger charge is 2.51. The second-order valence-corrected chi connectivity index (χ2v) is 15.5. The smallest absolute Gasteiger partial charge is 0.374 e. The lowest BCUT2D eigenvalue weighted by Gasteiger charge is -2.46. The van der Waals surface area contributed by atoms with Crippen molar-refractivity contribution in [3.63, 3.8) is 0 Å². The maximum absolute atomic E-state index is 14.9. The molecule has 1 aliphatic heterocycles. The Bertz CT molecular complexity index is 2030. The maximum atomic E-state index is 14.9. The van der Waals surface area contributed by atoms with Gasteiger partial charge in [0.25, 0.3) is 0 Å². The van der Waals surface area contributed by atoms with Gasteiger partial charge in [-0.3, -0.25) is 13.6 Å². The fourth-order valence-electron chi connectivity index (χ4n) is 6.51. The molecule has 1 aliphatic rings. The molecule has 58 heavy (non-hydrogen) atoms. The summed E-state index contributed by atoms with van der Waals surface area (Å²) in [6, 6.07) is 58.4. The minimum Gasteiger partial charge on any atom is -0.374 e. The Morgan fingerprint density at radius 2 is 0.724 bits per heavy atom. The molecule has 1 unspecified atom stereocenters. The number of ether oxygens (including phenoxy) is 5. The summed E-state index contributed by atoms with van der Waals surface area (Å²) in [5.41, 5.74) is 5.43. The lowest BCUT2D eigenvalue weighted by molar-refractivity contribution is -0.313. The topological polar surface area (TPSA) is 90.9 Å². The molecule has 1 saturated heterocycles. The number of hydrogen-bond acceptors (Lipinski definition) is 9. The molecule has 1 fully saturated rings. The molecule has 5 atom stereocenters. The van der Waals surface area contributed by atoms with Gasteiger partial charge in [0.05, 0.1) is 46.2 Å². The second-order valence-electron chi connectivity index (χ2n) is 13.9. The number of benzene rings is 6. The van der Waals surface area contributed by atoms with Crippen LogP contribution in [0.3, 0.4) is 0 Å². The van der Waals surface area contributed by atoms with E-state index in [1.54, 1.807) is 0 Å². The molecular weight excluding hydrogens is 751 g/mol. The van der Waals surface area contributed by atoms with Gasteiger partial charge in [-0.2, -0.15) is 0 Å². The highest BCUT2D eigenvalue weighted by atomic mass is 31.2. The minimum atomic E-state index is -4.38. The van der Waals surface area contributed by atoms with Gasteiger partial charge in [0.2, 0.25) is 0 Å². The van der Waals surface area contributed by atoms with Gasteiger partial charge in [-0.15, -0.1) is 0 Å². The molecule has 1 heterocycles. The van der Waals surface area contributed by atoms with Gasteiger partial charge in [-0.25, -0.2) is 4.57 Å². The minimum absolute atomic E-state index is 0.0322. The molecular formula is C48H49O9P. The van der Waals surface area contributed by atoms with Gasteiger partial charge < -0.3 is 23.7 Å². The standard InChI is InChI=1S/C48H49O9P/c49-58(54-35-42-27-15-5-16-28-42,55-36-43-29-17-6-18-30-43)57-48-47(53-34-41-25-13-4-14-26-41)46(52-33-40-23-11-3-12-24-40)45(51-32-39-21-9-2-10-22-39)44(56-48)37-50-31-38-19-7-1-8-20-38/h1-30,44-48H,31-37H2/t44-,45+,46+,47-,48?/m1/s1. The first-order valence-corrected chi connectivity index (χ1v) is 21.0. The molecule has 9 nitrogen and oxygen atoms in total. The van der Waals surface area contributed by atoms with Crippen LogP contribution in [0.25, 0.3) is 0 Å². The molecule has 0 saturated carbocycles. The molecule has 0 N–H and O–H groups in total. The second kappa shape index (κ2) is 21.8. The van der Waals surface area contributed by atoms with Crippen LogP contribution in [0.1, 0.15) is 33.4 Å². The summed E-state index contributed by atoms with van der Waals surface area (Å²) in [4.78, 5) is 0. The van der Waals surface area contributed by atoms with Gasteiger partial charge in [0, 0.05) is 0 Å². The summed E-state index contributed by atoms with van der Waals surface area (Å²) in [7, 11) is -4.38. The number of phosphoric ester groups is 1. The fraction of sp³-hybridized carbons (Fsp3) is 0.250. The molecule has 6 aromatic carbocycles. The van der Waals surface area contributed by atoms with Crippen molar-refractivity contribution in [1.29, 1.82) is 0 Å². The molecule has 0 aliphatic carbocycles. The lowest BCUT2D eigenvalue weighted by atomic mass is 9.98. The van der Waals surface area contributed by atoms with Gasteiger partial charge in [-0.1, -0.05) is 182 Å². The van der Waals surface area contributed by atoms with E-state index in [1.165, 1.54) is 0 Å². The fourth-order valence-corrected chi connectivity index (χ4v) is 7.75. The van der Waals surface area contributed by atoms with Crippen LogP contribution in [0, 0.1) is 0 Å². The molecule has 300 valence electrons. The Morgan fingerprint density at radius 3 is 1.12 bits per heavy atom. The van der Waals surface area contributed by atoms with E-state index in [4.69, 9.17) is 37.3 Å². The van der Waals surface area contributed by atoms with Crippen molar-refractivity contribution in [1.82, 2.24) is 0 Å². The molecule has 0 amide bonds. The van der Waals surface area contributed by atoms with Crippen LogP contribution in [0.4, 0.5) is 0 Å². The van der Waals surface area contributed by atoms with Gasteiger partial charge in [0.15, 0.2) is 6.29 Å². The van der Waals surface area contributed by atoms with Crippen LogP contribution in [0.2, 0.25) is 0 Å². The normalized spacial score (nSPS) is 19.5. The van der Waals surface area contributed by atoms with E-state index < -0.39 is 38.5 Å². The number of phosphoric acid groups is 1. The summed E-state index contributed by atoms with van der Waals surface area (Å²) >= 11 is 0. The third-order valence-corrected chi connectivity index (χ3v) is 10.9. The Labute approximate surface area is 341 Å². The molecule has 0 spiro atoms. The first-order chi connectivity index (χ1) is 28.6. The van der Waals surface area contributed by atoms with E-state index in [1.807, 2.05) is 182 Å². The van der Waals surface area contributed by atoms with E-state index in [-0.39, 0.29) is 39.6 Å². The number of rotatable bonds is 21. The monoisotopic (exact) mass is 800 g/mol. The molecule has 10 heteroatoms. The summed E-state index contributed by atoms with van der Waals surface area (Å²) in [6.45, 7) is 1.06. The van der Waals surface area contributed by atoms with Crippen LogP contribution in [0.5, 0.6) is 0 Å². The van der Waals surface area contributed by atoms with E-state index in [0.717, 1.165) is 33.4 Å². The summed E-state index contributed by atoms with van der Waals surface area (Å²) in [5, 5.41) is 0. The molecule has 0 radical (unpaired) electrons. The van der Waals surface area contributed by atoms with E-state index >= 15 is 0 Å². The van der Waals surface area contributed by atoms with Crippen LogP contribution in [0.15, 0.2) is 182 Å². The molecule has 0 aromatic heterocycles. The third-order valence-electron chi connectivity index (χ3n) is 9.54. The largest absolute Gasteiger partial charge is 0.477 e.